The van der Waals surface area contributed by atoms with E-state index in [0.717, 1.165) is 23.4 Å². The quantitative estimate of drug-likeness (QED) is 0.711. The number of aromatic amines is 1. The second-order valence-corrected chi connectivity index (χ2v) is 5.27. The highest BCUT2D eigenvalue weighted by molar-refractivity contribution is 5.83. The number of fused-ring (bicyclic) bond motifs is 2. The minimum Gasteiger partial charge on any atom is -0.489 e. The molecule has 0 aliphatic carbocycles. The van der Waals surface area contributed by atoms with Crippen LogP contribution in [-0.2, 0) is 6.18 Å². The number of aromatic nitrogens is 2. The molecule has 4 nitrogen and oxygen atoms in total. The zero-order valence-electron chi connectivity index (χ0n) is 11.9. The van der Waals surface area contributed by atoms with Crippen molar-refractivity contribution in [1.82, 2.24) is 9.97 Å². The number of H-pyrrole nitrogens is 1. The minimum absolute atomic E-state index is 0.344. The summed E-state index contributed by atoms with van der Waals surface area (Å²) in [5.74, 6) is 1.15. The summed E-state index contributed by atoms with van der Waals surface area (Å²) in [6.07, 6.45) is -4.38. The van der Waals surface area contributed by atoms with E-state index in [1.165, 1.54) is 6.07 Å². The van der Waals surface area contributed by atoms with Crippen molar-refractivity contribution in [3.05, 3.63) is 42.0 Å². The molecule has 7 heteroatoms. The number of rotatable bonds is 1. The highest BCUT2D eigenvalue weighted by Crippen LogP contribution is 2.38. The van der Waals surface area contributed by atoms with E-state index in [1.54, 1.807) is 0 Å². The van der Waals surface area contributed by atoms with Gasteiger partial charge in [-0.2, -0.15) is 13.2 Å². The van der Waals surface area contributed by atoms with Crippen LogP contribution in [-0.4, -0.2) is 23.1 Å². The topological polar surface area (TPSA) is 49.9 Å². The van der Waals surface area contributed by atoms with Gasteiger partial charge in [0.15, 0.2) is 5.75 Å². The Hall–Kier alpha value is -2.70. The number of nitrogens with zero attached hydrogens (tertiary/aromatic N) is 1. The van der Waals surface area contributed by atoms with Crippen LogP contribution in [0.5, 0.6) is 5.75 Å². The Balaban J connectivity index is 1.84. The molecule has 0 amide bonds. The summed E-state index contributed by atoms with van der Waals surface area (Å²) in [4.78, 5) is 7.34. The lowest BCUT2D eigenvalue weighted by Gasteiger charge is -2.20. The lowest BCUT2D eigenvalue weighted by atomic mass is 10.1. The van der Waals surface area contributed by atoms with Crippen molar-refractivity contribution in [1.29, 1.82) is 0 Å². The Morgan fingerprint density at radius 3 is 2.83 bits per heavy atom. The number of halogens is 3. The SMILES string of the molecule is FC(F)(F)c1ccc2nc(-c3cccc4c3OCCN4)[nH]c2c1. The number of hydrogen-bond donors (Lipinski definition) is 2. The van der Waals surface area contributed by atoms with E-state index in [4.69, 9.17) is 4.74 Å². The molecule has 23 heavy (non-hydrogen) atoms. The van der Waals surface area contributed by atoms with Crippen molar-refractivity contribution in [2.45, 2.75) is 6.18 Å². The van der Waals surface area contributed by atoms with Gasteiger partial charge in [-0.3, -0.25) is 0 Å². The first kappa shape index (κ1) is 13.9. The third-order valence-electron chi connectivity index (χ3n) is 3.74. The number of nitrogens with one attached hydrogen (secondary N) is 2. The fourth-order valence-electron chi connectivity index (χ4n) is 2.67. The number of para-hydroxylation sites is 1. The van der Waals surface area contributed by atoms with Crippen molar-refractivity contribution in [3.63, 3.8) is 0 Å². The fourth-order valence-corrected chi connectivity index (χ4v) is 2.67. The van der Waals surface area contributed by atoms with Gasteiger partial charge in [0, 0.05) is 6.54 Å². The van der Waals surface area contributed by atoms with Crippen LogP contribution in [0, 0.1) is 0 Å². The molecule has 2 N–H and O–H groups in total. The van der Waals surface area contributed by atoms with Crippen molar-refractivity contribution in [2.24, 2.45) is 0 Å². The van der Waals surface area contributed by atoms with Gasteiger partial charge in [0.25, 0.3) is 0 Å². The van der Waals surface area contributed by atoms with E-state index in [2.05, 4.69) is 15.3 Å². The molecule has 0 saturated heterocycles. The maximum absolute atomic E-state index is 12.8. The lowest BCUT2D eigenvalue weighted by molar-refractivity contribution is -0.137. The Labute approximate surface area is 129 Å². The monoisotopic (exact) mass is 319 g/mol. The summed E-state index contributed by atoms with van der Waals surface area (Å²) in [6.45, 7) is 1.24. The summed E-state index contributed by atoms with van der Waals surface area (Å²) in [6, 6.07) is 9.04. The molecule has 0 unspecified atom stereocenters. The largest absolute Gasteiger partial charge is 0.489 e. The summed E-state index contributed by atoms with van der Waals surface area (Å²) in [5.41, 5.74) is 1.70. The molecule has 1 aromatic heterocycles. The molecular formula is C16H12F3N3O. The van der Waals surface area contributed by atoms with Gasteiger partial charge in [-0.1, -0.05) is 6.07 Å². The van der Waals surface area contributed by atoms with Crippen LogP contribution in [0.15, 0.2) is 36.4 Å². The van der Waals surface area contributed by atoms with E-state index in [9.17, 15) is 13.2 Å². The number of alkyl halides is 3. The minimum atomic E-state index is -4.38. The van der Waals surface area contributed by atoms with Gasteiger partial charge in [-0.25, -0.2) is 4.98 Å². The first-order valence-corrected chi connectivity index (χ1v) is 7.09. The summed E-state index contributed by atoms with van der Waals surface area (Å²) in [7, 11) is 0. The zero-order valence-corrected chi connectivity index (χ0v) is 11.9. The molecule has 3 aromatic rings. The number of ether oxygens (including phenoxy) is 1. The molecule has 2 aromatic carbocycles. The Kier molecular flexibility index (Phi) is 2.97. The number of benzene rings is 2. The Morgan fingerprint density at radius 2 is 2.00 bits per heavy atom. The maximum Gasteiger partial charge on any atom is 0.416 e. The summed E-state index contributed by atoms with van der Waals surface area (Å²) in [5, 5.41) is 3.22. The van der Waals surface area contributed by atoms with Crippen LogP contribution in [0.25, 0.3) is 22.4 Å². The maximum atomic E-state index is 12.8. The zero-order chi connectivity index (χ0) is 16.0. The van der Waals surface area contributed by atoms with Crippen LogP contribution in [0.1, 0.15) is 5.56 Å². The molecule has 0 spiro atoms. The molecule has 1 aliphatic rings. The molecule has 4 rings (SSSR count). The first-order chi connectivity index (χ1) is 11.0. The number of imidazole rings is 1. The molecule has 0 saturated carbocycles. The average Bonchev–Trinajstić information content (AvgIpc) is 2.96. The normalized spacial score (nSPS) is 14.2. The van der Waals surface area contributed by atoms with Crippen molar-refractivity contribution < 1.29 is 17.9 Å². The number of hydrogen-bond acceptors (Lipinski definition) is 3. The van der Waals surface area contributed by atoms with Gasteiger partial charge in [0.1, 0.15) is 12.4 Å². The van der Waals surface area contributed by atoms with E-state index in [0.29, 0.717) is 35.8 Å². The van der Waals surface area contributed by atoms with E-state index >= 15 is 0 Å². The number of anilines is 1. The van der Waals surface area contributed by atoms with Gasteiger partial charge in [-0.15, -0.1) is 0 Å². The highest BCUT2D eigenvalue weighted by atomic mass is 19.4. The Bertz CT molecular complexity index is 886. The summed E-state index contributed by atoms with van der Waals surface area (Å²) >= 11 is 0. The molecule has 118 valence electrons. The van der Waals surface area contributed by atoms with Crippen LogP contribution in [0.4, 0.5) is 18.9 Å². The third-order valence-corrected chi connectivity index (χ3v) is 3.74. The van der Waals surface area contributed by atoms with E-state index in [-0.39, 0.29) is 0 Å². The van der Waals surface area contributed by atoms with Crippen molar-refractivity contribution in [3.8, 4) is 17.1 Å². The summed E-state index contributed by atoms with van der Waals surface area (Å²) < 4.78 is 44.1. The predicted octanol–water partition coefficient (Wildman–Crippen LogP) is 4.05. The van der Waals surface area contributed by atoms with Gasteiger partial charge in [0.2, 0.25) is 0 Å². The van der Waals surface area contributed by atoms with E-state index < -0.39 is 11.7 Å². The lowest BCUT2D eigenvalue weighted by Crippen LogP contribution is -2.18. The van der Waals surface area contributed by atoms with Crippen molar-refractivity contribution in [2.75, 3.05) is 18.5 Å². The van der Waals surface area contributed by atoms with Crippen LogP contribution < -0.4 is 10.1 Å². The second-order valence-electron chi connectivity index (χ2n) is 5.27. The van der Waals surface area contributed by atoms with E-state index in [1.807, 2.05) is 18.2 Å². The molecular weight excluding hydrogens is 307 g/mol. The molecule has 0 fully saturated rings. The molecule has 0 atom stereocenters. The Morgan fingerprint density at radius 1 is 1.13 bits per heavy atom. The van der Waals surface area contributed by atoms with Crippen LogP contribution in [0.2, 0.25) is 0 Å². The smallest absolute Gasteiger partial charge is 0.416 e. The second kappa shape index (κ2) is 4.91. The fraction of sp³-hybridized carbons (Fsp3) is 0.188. The third kappa shape index (κ3) is 2.38. The molecule has 1 aliphatic heterocycles. The standard InChI is InChI=1S/C16H12F3N3O/c17-16(18,19)9-4-5-11-13(8-9)22-15(21-11)10-2-1-3-12-14(10)23-7-6-20-12/h1-5,8,20H,6-7H2,(H,21,22). The van der Waals surface area contributed by atoms with Gasteiger partial charge in [-0.05, 0) is 30.3 Å². The van der Waals surface area contributed by atoms with Crippen LogP contribution in [0.3, 0.4) is 0 Å². The molecule has 0 bridgehead atoms. The van der Waals surface area contributed by atoms with Gasteiger partial charge >= 0.3 is 6.18 Å². The van der Waals surface area contributed by atoms with Crippen LogP contribution >= 0.6 is 0 Å². The molecule has 2 heterocycles. The van der Waals surface area contributed by atoms with Gasteiger partial charge < -0.3 is 15.0 Å². The van der Waals surface area contributed by atoms with Crippen molar-refractivity contribution >= 4 is 16.7 Å². The highest BCUT2D eigenvalue weighted by Gasteiger charge is 2.30. The average molecular weight is 319 g/mol. The first-order valence-electron chi connectivity index (χ1n) is 7.09. The predicted molar refractivity (Wildman–Crippen MR) is 80.5 cm³/mol. The van der Waals surface area contributed by atoms with Gasteiger partial charge in [0.05, 0.1) is 27.8 Å². The molecule has 0 radical (unpaired) electrons.